The number of thiocarbonyl (C=S) groups is 1. The van der Waals surface area contributed by atoms with Gasteiger partial charge in [-0.2, -0.15) is 0 Å². The fourth-order valence-corrected chi connectivity index (χ4v) is 5.48. The van der Waals surface area contributed by atoms with Crippen LogP contribution in [-0.2, 0) is 0 Å². The van der Waals surface area contributed by atoms with Crippen LogP contribution in [0.25, 0.3) is 5.69 Å². The molecule has 0 aliphatic carbocycles. The van der Waals surface area contributed by atoms with Crippen LogP contribution in [0.2, 0.25) is 10.0 Å². The maximum Gasteiger partial charge on any atom is 0.174 e. The lowest BCUT2D eigenvalue weighted by atomic mass is 9.96. The number of halogens is 2. The molecule has 1 aliphatic rings. The zero-order valence-electron chi connectivity index (χ0n) is 19.5. The predicted molar refractivity (Wildman–Crippen MR) is 146 cm³/mol. The summed E-state index contributed by atoms with van der Waals surface area (Å²) < 4.78 is 7.84. The van der Waals surface area contributed by atoms with Crippen LogP contribution in [0.15, 0.2) is 72.9 Å². The zero-order valence-corrected chi connectivity index (χ0v) is 21.8. The Labute approximate surface area is 220 Å². The molecule has 8 heteroatoms. The van der Waals surface area contributed by atoms with E-state index >= 15 is 0 Å². The molecule has 1 fully saturated rings. The largest absolute Gasteiger partial charge is 0.495 e. The molecule has 0 unspecified atom stereocenters. The van der Waals surface area contributed by atoms with Gasteiger partial charge in [-0.15, -0.1) is 0 Å². The summed E-state index contributed by atoms with van der Waals surface area (Å²) in [5.41, 5.74) is 6.03. The van der Waals surface area contributed by atoms with E-state index in [-0.39, 0.29) is 12.1 Å². The average molecular weight is 523 g/mol. The topological polar surface area (TPSA) is 42.3 Å². The number of nitrogens with zero attached hydrogens (tertiary/aromatic N) is 3. The van der Waals surface area contributed by atoms with Crippen molar-refractivity contribution in [3.63, 3.8) is 0 Å². The van der Waals surface area contributed by atoms with Gasteiger partial charge in [0.05, 0.1) is 30.6 Å². The van der Waals surface area contributed by atoms with Crippen LogP contribution in [-0.4, -0.2) is 21.8 Å². The van der Waals surface area contributed by atoms with E-state index in [2.05, 4.69) is 39.7 Å². The van der Waals surface area contributed by atoms with E-state index in [1.807, 2.05) is 66.9 Å². The van der Waals surface area contributed by atoms with Crippen LogP contribution in [0, 0.1) is 13.8 Å². The molecule has 1 N–H and O–H groups in total. The van der Waals surface area contributed by atoms with Crippen LogP contribution in [0.3, 0.4) is 0 Å². The Morgan fingerprint density at radius 1 is 0.971 bits per heavy atom. The molecule has 2 aromatic carbocycles. The molecule has 3 heterocycles. The predicted octanol–water partition coefficient (Wildman–Crippen LogP) is 6.98. The van der Waals surface area contributed by atoms with Crippen molar-refractivity contribution in [3.05, 3.63) is 106 Å². The molecule has 1 saturated heterocycles. The second-order valence-electron chi connectivity index (χ2n) is 8.45. The number of hydrogen-bond donors (Lipinski definition) is 1. The second-order valence-corrected chi connectivity index (χ2v) is 9.71. The number of methoxy groups -OCH3 is 1. The van der Waals surface area contributed by atoms with Crippen molar-refractivity contribution in [2.45, 2.75) is 25.9 Å². The summed E-state index contributed by atoms with van der Waals surface area (Å²) in [6.07, 6.45) is 1.81. The molecule has 35 heavy (non-hydrogen) atoms. The molecule has 4 aromatic rings. The van der Waals surface area contributed by atoms with E-state index in [1.54, 1.807) is 7.11 Å². The molecule has 1 aliphatic heterocycles. The van der Waals surface area contributed by atoms with Gasteiger partial charge in [0.2, 0.25) is 0 Å². The Kier molecular flexibility index (Phi) is 6.45. The lowest BCUT2D eigenvalue weighted by molar-refractivity contribution is 0.412. The number of anilines is 1. The molecule has 0 saturated carbocycles. The fourth-order valence-electron chi connectivity index (χ4n) is 4.85. The summed E-state index contributed by atoms with van der Waals surface area (Å²) in [6, 6.07) is 21.2. The summed E-state index contributed by atoms with van der Waals surface area (Å²) in [5.74, 6) is 0.749. The van der Waals surface area contributed by atoms with Gasteiger partial charge in [-0.05, 0) is 92.3 Å². The third kappa shape index (κ3) is 4.27. The summed E-state index contributed by atoms with van der Waals surface area (Å²) >= 11 is 18.4. The molecule has 5 rings (SSSR count). The maximum absolute atomic E-state index is 6.38. The summed E-state index contributed by atoms with van der Waals surface area (Å²) in [5, 5.41) is 5.48. The molecule has 5 nitrogen and oxygen atoms in total. The first-order valence-electron chi connectivity index (χ1n) is 11.2. The number of rotatable bonds is 5. The lowest BCUT2D eigenvalue weighted by Gasteiger charge is -2.28. The van der Waals surface area contributed by atoms with Gasteiger partial charge in [-0.3, -0.25) is 4.98 Å². The van der Waals surface area contributed by atoms with Crippen molar-refractivity contribution in [1.82, 2.24) is 14.9 Å². The van der Waals surface area contributed by atoms with E-state index in [9.17, 15) is 0 Å². The highest BCUT2D eigenvalue weighted by Crippen LogP contribution is 2.44. The third-order valence-electron chi connectivity index (χ3n) is 6.37. The smallest absolute Gasteiger partial charge is 0.174 e. The molecule has 2 aromatic heterocycles. The minimum atomic E-state index is -0.144. The van der Waals surface area contributed by atoms with Gasteiger partial charge in [0.1, 0.15) is 5.75 Å². The number of aryl methyl sites for hydroxylation is 1. The van der Waals surface area contributed by atoms with Crippen molar-refractivity contribution >= 4 is 46.2 Å². The van der Waals surface area contributed by atoms with Crippen molar-refractivity contribution < 1.29 is 4.74 Å². The normalized spacial score (nSPS) is 17.5. The van der Waals surface area contributed by atoms with E-state index in [0.29, 0.717) is 15.2 Å². The third-order valence-corrected chi connectivity index (χ3v) is 7.18. The molecule has 178 valence electrons. The average Bonchev–Trinajstić information content (AvgIpc) is 3.35. The Morgan fingerprint density at radius 2 is 1.71 bits per heavy atom. The maximum atomic E-state index is 6.38. The highest BCUT2D eigenvalue weighted by Gasteiger charge is 2.42. The highest BCUT2D eigenvalue weighted by molar-refractivity contribution is 7.80. The SMILES string of the molecule is COc1ccc(Cl)cc1-n1c(C)cc([C@H]2[C@H](c3ccccn3)NC(=S)N2c2ccc(Cl)cc2)c1C. The van der Waals surface area contributed by atoms with Crippen molar-refractivity contribution in [1.29, 1.82) is 0 Å². The number of hydrogen-bond acceptors (Lipinski definition) is 3. The summed E-state index contributed by atoms with van der Waals surface area (Å²) in [6.45, 7) is 4.19. The molecular formula is C27H24Cl2N4OS. The number of pyridine rings is 1. The van der Waals surface area contributed by atoms with E-state index in [4.69, 9.17) is 40.2 Å². The van der Waals surface area contributed by atoms with Gasteiger partial charge in [-0.25, -0.2) is 0 Å². The second kappa shape index (κ2) is 9.53. The van der Waals surface area contributed by atoms with Crippen LogP contribution >= 0.6 is 35.4 Å². The van der Waals surface area contributed by atoms with Crippen LogP contribution < -0.4 is 15.0 Å². The monoisotopic (exact) mass is 522 g/mol. The minimum absolute atomic E-state index is 0.135. The van der Waals surface area contributed by atoms with Gasteiger partial charge in [0.15, 0.2) is 5.11 Å². The molecule has 2 atom stereocenters. The zero-order chi connectivity index (χ0) is 24.7. The van der Waals surface area contributed by atoms with Crippen molar-refractivity contribution in [2.24, 2.45) is 0 Å². The Morgan fingerprint density at radius 3 is 2.40 bits per heavy atom. The van der Waals surface area contributed by atoms with Gasteiger partial charge in [0, 0.05) is 33.3 Å². The quantitative estimate of drug-likeness (QED) is 0.286. The molecule has 0 bridgehead atoms. The van der Waals surface area contributed by atoms with E-state index in [1.165, 1.54) is 0 Å². The van der Waals surface area contributed by atoms with Gasteiger partial charge in [-0.1, -0.05) is 29.3 Å². The number of aromatic nitrogens is 2. The molecule has 0 amide bonds. The molecule has 0 radical (unpaired) electrons. The number of ether oxygens (including phenoxy) is 1. The lowest BCUT2D eigenvalue weighted by Crippen LogP contribution is -2.29. The number of nitrogens with one attached hydrogen (secondary N) is 1. The first kappa shape index (κ1) is 23.7. The van der Waals surface area contributed by atoms with Gasteiger partial charge < -0.3 is 19.5 Å². The Balaban J connectivity index is 1.70. The fraction of sp³-hybridized carbons (Fsp3) is 0.185. The van der Waals surface area contributed by atoms with Crippen LogP contribution in [0.4, 0.5) is 5.69 Å². The Hall–Kier alpha value is -3.06. The first-order chi connectivity index (χ1) is 16.9. The first-order valence-corrected chi connectivity index (χ1v) is 12.3. The summed E-state index contributed by atoms with van der Waals surface area (Å²) in [7, 11) is 1.67. The van der Waals surface area contributed by atoms with E-state index < -0.39 is 0 Å². The van der Waals surface area contributed by atoms with E-state index in [0.717, 1.165) is 39.8 Å². The minimum Gasteiger partial charge on any atom is -0.495 e. The summed E-state index contributed by atoms with van der Waals surface area (Å²) in [4.78, 5) is 6.80. The van der Waals surface area contributed by atoms with Gasteiger partial charge >= 0.3 is 0 Å². The molecular weight excluding hydrogens is 499 g/mol. The highest BCUT2D eigenvalue weighted by atomic mass is 35.5. The number of benzene rings is 2. The molecule has 0 spiro atoms. The van der Waals surface area contributed by atoms with Crippen molar-refractivity contribution in [2.75, 3.05) is 12.0 Å². The van der Waals surface area contributed by atoms with Gasteiger partial charge in [0.25, 0.3) is 0 Å². The Bertz CT molecular complexity index is 1390. The van der Waals surface area contributed by atoms with Crippen LogP contribution in [0.5, 0.6) is 5.75 Å². The van der Waals surface area contributed by atoms with Crippen molar-refractivity contribution in [3.8, 4) is 11.4 Å². The standard InChI is InChI=1S/C27H24Cl2N4OS/c1-16-14-21(17(2)32(16)23-15-19(29)9-12-24(23)34-3)26-25(22-6-4-5-13-30-22)31-27(35)33(26)20-10-7-18(28)8-11-20/h4-15,25-26H,1-3H3,(H,31,35)/t25-,26-/m0/s1. The van der Waals surface area contributed by atoms with Crippen LogP contribution in [0.1, 0.15) is 34.7 Å².